The molecule has 2 aromatic carbocycles. The van der Waals surface area contributed by atoms with E-state index in [1.54, 1.807) is 43.3 Å². The number of hydrogen-bond donors (Lipinski definition) is 1. The van der Waals surface area contributed by atoms with E-state index in [-0.39, 0.29) is 55.3 Å². The summed E-state index contributed by atoms with van der Waals surface area (Å²) in [6, 6.07) is 13.4. The molecule has 3 aromatic rings. The van der Waals surface area contributed by atoms with Crippen LogP contribution in [0.4, 0.5) is 5.69 Å². The van der Waals surface area contributed by atoms with Crippen LogP contribution in [0.3, 0.4) is 0 Å². The maximum Gasteiger partial charge on any atom is 0.248 e. The largest absolute Gasteiger partial charge is 0.494 e. The van der Waals surface area contributed by atoms with Gasteiger partial charge in [0.2, 0.25) is 17.7 Å². The zero-order valence-electron chi connectivity index (χ0n) is 27.8. The molecule has 3 aliphatic heterocycles. The summed E-state index contributed by atoms with van der Waals surface area (Å²) in [6.07, 6.45) is 4.50. The Labute approximate surface area is 285 Å². The summed E-state index contributed by atoms with van der Waals surface area (Å²) in [5.74, 6) is -1.36. The maximum absolute atomic E-state index is 15.0. The summed E-state index contributed by atoms with van der Waals surface area (Å²) < 4.78 is 6.43. The van der Waals surface area contributed by atoms with E-state index in [1.807, 2.05) is 62.4 Å². The smallest absolute Gasteiger partial charge is 0.248 e. The molecule has 3 saturated heterocycles. The van der Waals surface area contributed by atoms with Gasteiger partial charge < -0.3 is 24.5 Å². The summed E-state index contributed by atoms with van der Waals surface area (Å²) in [4.78, 5) is 49.4. The number of anilines is 1. The first kappa shape index (κ1) is 33.7. The lowest BCUT2D eigenvalue weighted by Crippen LogP contribution is -2.59. The minimum Gasteiger partial charge on any atom is -0.494 e. The van der Waals surface area contributed by atoms with Crippen LogP contribution in [0.2, 0.25) is 0 Å². The van der Waals surface area contributed by atoms with Gasteiger partial charge >= 0.3 is 0 Å². The normalized spacial score (nSPS) is 26.4. The first-order valence-electron chi connectivity index (χ1n) is 16.7. The highest BCUT2D eigenvalue weighted by Crippen LogP contribution is 2.69. The SMILES string of the molecule is C=CCN(Cn1nnc2ccccc21)C(=O)C1N([C@@H](CC)CO)C(=O)[C@@H]2[C@@H](C(=O)N(CC=C)c3ccc(OCC)cc3)[C@H]3CC(C)C12S3. The Balaban J connectivity index is 1.40. The molecule has 0 radical (unpaired) electrons. The molecule has 12 heteroatoms. The molecule has 1 spiro atoms. The van der Waals surface area contributed by atoms with Gasteiger partial charge in [-0.15, -0.1) is 30.0 Å². The van der Waals surface area contributed by atoms with Crippen LogP contribution in [0.15, 0.2) is 73.8 Å². The van der Waals surface area contributed by atoms with E-state index in [2.05, 4.69) is 30.4 Å². The molecular formula is C36H44N6O5S. The van der Waals surface area contributed by atoms with Crippen molar-refractivity contribution in [3.05, 3.63) is 73.8 Å². The van der Waals surface area contributed by atoms with E-state index in [9.17, 15) is 19.5 Å². The van der Waals surface area contributed by atoms with Crippen LogP contribution < -0.4 is 9.64 Å². The lowest BCUT2D eigenvalue weighted by atomic mass is 9.65. The monoisotopic (exact) mass is 672 g/mol. The fourth-order valence-corrected chi connectivity index (χ4v) is 10.5. The van der Waals surface area contributed by atoms with E-state index in [4.69, 9.17) is 4.74 Å². The number of rotatable bonds is 14. The molecule has 0 saturated carbocycles. The lowest BCUT2D eigenvalue weighted by molar-refractivity contribution is -0.146. The number of fused-ring (bicyclic) bond motifs is 2. The zero-order chi connectivity index (χ0) is 34.2. The van der Waals surface area contributed by atoms with Gasteiger partial charge in [0, 0.05) is 24.0 Å². The number of amides is 3. The molecule has 1 N–H and O–H groups in total. The summed E-state index contributed by atoms with van der Waals surface area (Å²) in [7, 11) is 0. The third-order valence-corrected chi connectivity index (χ3v) is 12.3. The van der Waals surface area contributed by atoms with Gasteiger partial charge in [0.15, 0.2) is 0 Å². The predicted octanol–water partition coefficient (Wildman–Crippen LogP) is 4.13. The van der Waals surface area contributed by atoms with Gasteiger partial charge in [-0.05, 0) is 62.1 Å². The highest BCUT2D eigenvalue weighted by Gasteiger charge is 2.77. The van der Waals surface area contributed by atoms with Crippen LogP contribution in [0.5, 0.6) is 5.75 Å². The van der Waals surface area contributed by atoms with E-state index < -0.39 is 28.7 Å². The Bertz CT molecular complexity index is 1690. The number of hydrogen-bond acceptors (Lipinski definition) is 8. The van der Waals surface area contributed by atoms with Gasteiger partial charge in [0.25, 0.3) is 0 Å². The van der Waals surface area contributed by atoms with E-state index in [1.165, 1.54) is 0 Å². The van der Waals surface area contributed by atoms with Crippen molar-refractivity contribution < 1.29 is 24.2 Å². The number of carbonyl (C=O) groups is 3. The molecule has 48 heavy (non-hydrogen) atoms. The molecule has 1 aromatic heterocycles. The summed E-state index contributed by atoms with van der Waals surface area (Å²) >= 11 is 1.62. The lowest BCUT2D eigenvalue weighted by Gasteiger charge is -2.42. The van der Waals surface area contributed by atoms with Gasteiger partial charge in [-0.3, -0.25) is 14.4 Å². The molecule has 3 aliphatic rings. The molecule has 11 nitrogen and oxygen atoms in total. The molecule has 4 heterocycles. The first-order valence-corrected chi connectivity index (χ1v) is 17.6. The van der Waals surface area contributed by atoms with Gasteiger partial charge in [0.1, 0.15) is 24.0 Å². The Hall–Kier alpha value is -4.16. The number of ether oxygens (including phenoxy) is 1. The standard InChI is InChI=1S/C36H44N6O5S/c1-6-18-39(22-41-28-13-11-10-12-27(28)37-38-41)35(46)32-36-23(5)20-29(48-36)30(31(36)34(45)42(32)24(8-3)21-43)33(44)40(19-7-2)25-14-16-26(17-15-25)47-9-4/h6-7,10-17,23-24,29-32,43H,1-2,8-9,18-22H2,3-5H3/t23?,24-,29+,30-,31-,32?,36?/m0/s1. The Morgan fingerprint density at radius 1 is 1.12 bits per heavy atom. The van der Waals surface area contributed by atoms with Gasteiger partial charge in [-0.1, -0.05) is 43.3 Å². The van der Waals surface area contributed by atoms with Crippen LogP contribution in [-0.4, -0.2) is 96.0 Å². The maximum atomic E-state index is 15.0. The second-order valence-electron chi connectivity index (χ2n) is 12.8. The third kappa shape index (κ3) is 5.38. The van der Waals surface area contributed by atoms with Gasteiger partial charge in [0.05, 0.1) is 41.4 Å². The minimum atomic E-state index is -0.886. The highest BCUT2D eigenvalue weighted by molar-refractivity contribution is 8.02. The van der Waals surface area contributed by atoms with Crippen molar-refractivity contribution in [1.82, 2.24) is 24.8 Å². The molecule has 3 fully saturated rings. The molecule has 3 unspecified atom stereocenters. The molecular weight excluding hydrogens is 629 g/mol. The molecule has 3 amide bonds. The molecule has 254 valence electrons. The van der Waals surface area contributed by atoms with E-state index >= 15 is 0 Å². The number of aromatic nitrogens is 3. The number of thioether (sulfide) groups is 1. The topological polar surface area (TPSA) is 121 Å². The van der Waals surface area contributed by atoms with Crippen molar-refractivity contribution in [3.63, 3.8) is 0 Å². The van der Waals surface area contributed by atoms with Crippen molar-refractivity contribution in [2.75, 3.05) is 31.2 Å². The van der Waals surface area contributed by atoms with E-state index in [0.29, 0.717) is 36.4 Å². The number of benzene rings is 2. The minimum absolute atomic E-state index is 0.0308. The Morgan fingerprint density at radius 2 is 1.85 bits per heavy atom. The van der Waals surface area contributed by atoms with Crippen molar-refractivity contribution in [2.24, 2.45) is 17.8 Å². The average molecular weight is 673 g/mol. The number of aliphatic hydroxyl groups is 1. The van der Waals surface area contributed by atoms with Gasteiger partial charge in [-0.25, -0.2) is 4.68 Å². The fraction of sp³-hybridized carbons (Fsp3) is 0.472. The summed E-state index contributed by atoms with van der Waals surface area (Å²) in [5.41, 5.74) is 2.18. The summed E-state index contributed by atoms with van der Waals surface area (Å²) in [5, 5.41) is 19.0. The summed E-state index contributed by atoms with van der Waals surface area (Å²) in [6.45, 7) is 14.6. The Morgan fingerprint density at radius 3 is 2.52 bits per heavy atom. The predicted molar refractivity (Wildman–Crippen MR) is 186 cm³/mol. The Kier molecular flexibility index (Phi) is 9.67. The van der Waals surface area contributed by atoms with Crippen molar-refractivity contribution in [1.29, 1.82) is 0 Å². The number of para-hydroxylation sites is 1. The van der Waals surface area contributed by atoms with Crippen molar-refractivity contribution >= 4 is 46.2 Å². The first-order chi connectivity index (χ1) is 23.2. The van der Waals surface area contributed by atoms with Crippen molar-refractivity contribution in [3.8, 4) is 5.75 Å². The van der Waals surface area contributed by atoms with Crippen LogP contribution in [0, 0.1) is 17.8 Å². The van der Waals surface area contributed by atoms with Crippen molar-refractivity contribution in [2.45, 2.75) is 62.4 Å². The number of aliphatic hydroxyl groups excluding tert-OH is 1. The van der Waals surface area contributed by atoms with Crippen LogP contribution in [0.25, 0.3) is 11.0 Å². The van der Waals surface area contributed by atoms with Gasteiger partial charge in [-0.2, -0.15) is 0 Å². The molecule has 0 aliphatic carbocycles. The number of likely N-dealkylation sites (tertiary alicyclic amines) is 1. The molecule has 6 rings (SSSR count). The third-order valence-electron chi connectivity index (χ3n) is 10.2. The van der Waals surface area contributed by atoms with Crippen LogP contribution in [0.1, 0.15) is 33.6 Å². The molecule has 2 bridgehead atoms. The number of nitrogens with zero attached hydrogens (tertiary/aromatic N) is 6. The average Bonchev–Trinajstić information content (AvgIpc) is 3.82. The second-order valence-corrected chi connectivity index (χ2v) is 14.3. The fourth-order valence-electron chi connectivity index (χ4n) is 8.08. The molecule has 7 atom stereocenters. The zero-order valence-corrected chi connectivity index (χ0v) is 28.6. The van der Waals surface area contributed by atoms with Crippen LogP contribution >= 0.6 is 11.8 Å². The quantitative estimate of drug-likeness (QED) is 0.254. The second kappa shape index (κ2) is 13.8. The highest BCUT2D eigenvalue weighted by atomic mass is 32.2. The van der Waals surface area contributed by atoms with E-state index in [0.717, 1.165) is 5.52 Å². The van der Waals surface area contributed by atoms with Crippen LogP contribution in [-0.2, 0) is 21.1 Å². The number of carbonyl (C=O) groups excluding carboxylic acids is 3.